The summed E-state index contributed by atoms with van der Waals surface area (Å²) in [5, 5.41) is 0.704. The highest BCUT2D eigenvalue weighted by molar-refractivity contribution is 7.97. The Kier molecular flexibility index (Phi) is 4.98. The molecule has 2 aliphatic rings. The van der Waals surface area contributed by atoms with Gasteiger partial charge in [-0.1, -0.05) is 42.5 Å². The fraction of sp³-hybridized carbons (Fsp3) is 0.304. The van der Waals surface area contributed by atoms with Crippen molar-refractivity contribution in [3.63, 3.8) is 0 Å². The van der Waals surface area contributed by atoms with Crippen molar-refractivity contribution in [3.8, 4) is 5.75 Å². The maximum absolute atomic E-state index is 5.64. The third-order valence-corrected chi connectivity index (χ3v) is 7.86. The molecule has 25 heavy (non-hydrogen) atoms. The Balaban J connectivity index is 1.85. The smallest absolute Gasteiger partial charge is 0.165 e. The van der Waals surface area contributed by atoms with E-state index in [1.807, 2.05) is 0 Å². The van der Waals surface area contributed by atoms with Crippen LogP contribution < -0.4 is 4.74 Å². The van der Waals surface area contributed by atoms with Crippen LogP contribution in [0.1, 0.15) is 36.8 Å². The summed E-state index contributed by atoms with van der Waals surface area (Å²) in [5.74, 6) is 1.01. The number of benzene rings is 2. The van der Waals surface area contributed by atoms with Crippen LogP contribution >= 0.6 is 0 Å². The molecule has 4 rings (SSSR count). The lowest BCUT2D eigenvalue weighted by Gasteiger charge is -2.24. The van der Waals surface area contributed by atoms with E-state index in [1.165, 1.54) is 40.2 Å². The maximum atomic E-state index is 5.64. The number of fused-ring (bicyclic) bond motifs is 1. The van der Waals surface area contributed by atoms with Gasteiger partial charge in [0.1, 0.15) is 11.0 Å². The number of methoxy groups -OCH3 is 1. The molecule has 2 aromatic rings. The first-order valence-electron chi connectivity index (χ1n) is 9.18. The molecular weight excluding hydrogens is 324 g/mol. The molecule has 0 spiro atoms. The van der Waals surface area contributed by atoms with Crippen LogP contribution in [0.4, 0.5) is 0 Å². The number of ether oxygens (including phenoxy) is 1. The summed E-state index contributed by atoms with van der Waals surface area (Å²) >= 11 is 0. The van der Waals surface area contributed by atoms with Gasteiger partial charge in [0.15, 0.2) is 9.79 Å². The Labute approximate surface area is 153 Å². The van der Waals surface area contributed by atoms with Crippen LogP contribution in [0.15, 0.2) is 70.5 Å². The first-order chi connectivity index (χ1) is 12.4. The van der Waals surface area contributed by atoms with Gasteiger partial charge in [0, 0.05) is 17.5 Å². The molecule has 0 aromatic heterocycles. The lowest BCUT2D eigenvalue weighted by atomic mass is 9.96. The van der Waals surface area contributed by atoms with E-state index in [2.05, 4.69) is 66.8 Å². The number of rotatable bonds is 4. The van der Waals surface area contributed by atoms with Crippen molar-refractivity contribution in [2.24, 2.45) is 0 Å². The molecular formula is C23H25OS+. The summed E-state index contributed by atoms with van der Waals surface area (Å²) in [6, 6.07) is 15.6. The van der Waals surface area contributed by atoms with E-state index in [0.29, 0.717) is 5.25 Å². The minimum absolute atomic E-state index is 0.122. The summed E-state index contributed by atoms with van der Waals surface area (Å²) in [6.07, 6.45) is 15.2. The second-order valence-corrected chi connectivity index (χ2v) is 8.91. The maximum Gasteiger partial charge on any atom is 0.165 e. The Morgan fingerprint density at radius 3 is 2.60 bits per heavy atom. The van der Waals surface area contributed by atoms with Gasteiger partial charge < -0.3 is 4.74 Å². The topological polar surface area (TPSA) is 9.23 Å². The molecule has 0 heterocycles. The fourth-order valence-corrected chi connectivity index (χ4v) is 6.74. The Morgan fingerprint density at radius 1 is 0.960 bits per heavy atom. The molecule has 0 N–H and O–H groups in total. The molecule has 1 nitrogen and oxygen atoms in total. The molecule has 0 bridgehead atoms. The molecule has 2 aromatic carbocycles. The number of hydrogen-bond acceptors (Lipinski definition) is 1. The first-order valence-corrected chi connectivity index (χ1v) is 10.5. The van der Waals surface area contributed by atoms with Crippen molar-refractivity contribution in [2.75, 3.05) is 7.11 Å². The highest BCUT2D eigenvalue weighted by atomic mass is 32.2. The summed E-state index contributed by atoms with van der Waals surface area (Å²) in [5.41, 5.74) is 2.80. The lowest BCUT2D eigenvalue weighted by Crippen LogP contribution is -2.25. The molecule has 2 aliphatic carbocycles. The van der Waals surface area contributed by atoms with Gasteiger partial charge in [0.2, 0.25) is 0 Å². The molecule has 2 atom stereocenters. The summed E-state index contributed by atoms with van der Waals surface area (Å²) in [7, 11) is 1.90. The van der Waals surface area contributed by atoms with Crippen LogP contribution in [0, 0.1) is 0 Å². The Bertz CT molecular complexity index is 791. The normalized spacial score (nSPS) is 20.1. The van der Waals surface area contributed by atoms with Gasteiger partial charge in [0.05, 0.1) is 18.0 Å². The monoisotopic (exact) mass is 349 g/mol. The van der Waals surface area contributed by atoms with Crippen molar-refractivity contribution >= 4 is 17.0 Å². The van der Waals surface area contributed by atoms with E-state index < -0.39 is 0 Å². The third kappa shape index (κ3) is 3.28. The van der Waals surface area contributed by atoms with Gasteiger partial charge in [-0.25, -0.2) is 0 Å². The average Bonchev–Trinajstić information content (AvgIpc) is 2.70. The van der Waals surface area contributed by atoms with Crippen LogP contribution in [0.5, 0.6) is 5.75 Å². The van der Waals surface area contributed by atoms with Gasteiger partial charge in [0.25, 0.3) is 0 Å². The van der Waals surface area contributed by atoms with Gasteiger partial charge in [-0.2, -0.15) is 0 Å². The molecule has 0 aliphatic heterocycles. The lowest BCUT2D eigenvalue weighted by molar-refractivity contribution is 0.412. The minimum Gasteiger partial charge on any atom is -0.496 e. The van der Waals surface area contributed by atoms with Crippen molar-refractivity contribution in [2.45, 2.75) is 47.1 Å². The summed E-state index contributed by atoms with van der Waals surface area (Å²) < 4.78 is 5.64. The second kappa shape index (κ2) is 7.53. The van der Waals surface area contributed by atoms with Crippen molar-refractivity contribution in [1.82, 2.24) is 0 Å². The van der Waals surface area contributed by atoms with E-state index >= 15 is 0 Å². The van der Waals surface area contributed by atoms with Crippen molar-refractivity contribution in [1.29, 1.82) is 0 Å². The van der Waals surface area contributed by atoms with E-state index in [1.54, 1.807) is 7.11 Å². The molecule has 128 valence electrons. The molecule has 0 fully saturated rings. The molecule has 0 saturated heterocycles. The highest BCUT2D eigenvalue weighted by Gasteiger charge is 2.38. The standard InChI is InChI=1S/C23H25OS/c1-24-22-16-17-23(21-15-9-8-14-20(21)22)25(18-10-4-2-5-11-18)19-12-6-3-7-13-19/h2-6,8,10-11,14,16-17,19H,7,9,12-13,15H2,1H3/q+1/t19-,25?/m1/s1. The van der Waals surface area contributed by atoms with Gasteiger partial charge in [-0.3, -0.25) is 0 Å². The number of hydrogen-bond donors (Lipinski definition) is 0. The SMILES string of the molecule is COc1ccc([S+](c2ccccc2)[C@@H]2CC=CCC2)c2c1C=CCC2. The average molecular weight is 350 g/mol. The number of allylic oxidation sites excluding steroid dienone is 3. The molecule has 2 heteroatoms. The van der Waals surface area contributed by atoms with Gasteiger partial charge in [-0.05, 0) is 49.9 Å². The molecule has 0 radical (unpaired) electrons. The summed E-state index contributed by atoms with van der Waals surface area (Å²) in [4.78, 5) is 3.01. The molecule has 1 unspecified atom stereocenters. The summed E-state index contributed by atoms with van der Waals surface area (Å²) in [6.45, 7) is 0. The Hall–Kier alpha value is -1.93. The third-order valence-electron chi connectivity index (χ3n) is 5.13. The Morgan fingerprint density at radius 2 is 1.84 bits per heavy atom. The van der Waals surface area contributed by atoms with Gasteiger partial charge in [-0.15, -0.1) is 0 Å². The second-order valence-electron chi connectivity index (χ2n) is 6.66. The zero-order valence-corrected chi connectivity index (χ0v) is 15.6. The van der Waals surface area contributed by atoms with Crippen LogP contribution in [0.25, 0.3) is 6.08 Å². The van der Waals surface area contributed by atoms with E-state index in [0.717, 1.165) is 18.6 Å². The van der Waals surface area contributed by atoms with E-state index in [-0.39, 0.29) is 10.9 Å². The van der Waals surface area contributed by atoms with Crippen LogP contribution in [-0.2, 0) is 17.3 Å². The fourth-order valence-electron chi connectivity index (χ4n) is 3.92. The van der Waals surface area contributed by atoms with E-state index in [4.69, 9.17) is 4.74 Å². The van der Waals surface area contributed by atoms with Crippen LogP contribution in [0.2, 0.25) is 0 Å². The molecule has 0 saturated carbocycles. The predicted molar refractivity (Wildman–Crippen MR) is 107 cm³/mol. The first kappa shape index (κ1) is 16.5. The zero-order chi connectivity index (χ0) is 17.1. The largest absolute Gasteiger partial charge is 0.496 e. The highest BCUT2D eigenvalue weighted by Crippen LogP contribution is 2.40. The zero-order valence-electron chi connectivity index (χ0n) is 14.8. The van der Waals surface area contributed by atoms with E-state index in [9.17, 15) is 0 Å². The van der Waals surface area contributed by atoms with Crippen LogP contribution in [0.3, 0.4) is 0 Å². The quantitative estimate of drug-likeness (QED) is 0.501. The van der Waals surface area contributed by atoms with Crippen molar-refractivity contribution < 1.29 is 4.74 Å². The van der Waals surface area contributed by atoms with Crippen LogP contribution in [-0.4, -0.2) is 12.4 Å². The van der Waals surface area contributed by atoms with Gasteiger partial charge >= 0.3 is 0 Å². The predicted octanol–water partition coefficient (Wildman–Crippen LogP) is 5.80. The minimum atomic E-state index is 0.122. The molecule has 0 amide bonds. The van der Waals surface area contributed by atoms with Crippen molar-refractivity contribution in [3.05, 3.63) is 71.8 Å².